The Labute approximate surface area is 146 Å². The Balaban J connectivity index is 1.84. The number of nitrogens with one attached hydrogen (secondary N) is 1. The van der Waals surface area contributed by atoms with E-state index in [-0.39, 0.29) is 12.3 Å². The number of halogens is 1. The average molecular weight is 346 g/mol. The molecule has 0 spiro atoms. The van der Waals surface area contributed by atoms with Crippen molar-refractivity contribution in [3.8, 4) is 0 Å². The van der Waals surface area contributed by atoms with Gasteiger partial charge >= 0.3 is 5.97 Å². The Morgan fingerprint density at radius 2 is 1.83 bits per heavy atom. The Hall–Kier alpha value is -2.33. The molecule has 2 aromatic carbocycles. The zero-order valence-corrected chi connectivity index (χ0v) is 14.5. The molecule has 126 valence electrons. The molecule has 0 saturated heterocycles. The highest BCUT2D eigenvalue weighted by Gasteiger charge is 2.18. The molecule has 1 amide bonds. The van der Waals surface area contributed by atoms with E-state index in [2.05, 4.69) is 5.32 Å². The second-order valence-electron chi connectivity index (χ2n) is 5.52. The summed E-state index contributed by atoms with van der Waals surface area (Å²) in [6, 6.07) is 14.9. The monoisotopic (exact) mass is 345 g/mol. The van der Waals surface area contributed by atoms with Gasteiger partial charge in [-0.3, -0.25) is 9.59 Å². The summed E-state index contributed by atoms with van der Waals surface area (Å²) in [4.78, 5) is 24.0. The predicted molar refractivity (Wildman–Crippen MR) is 95.1 cm³/mol. The van der Waals surface area contributed by atoms with Gasteiger partial charge in [0, 0.05) is 17.1 Å². The van der Waals surface area contributed by atoms with Crippen LogP contribution in [-0.2, 0) is 20.7 Å². The number of benzene rings is 2. The van der Waals surface area contributed by atoms with Gasteiger partial charge in [-0.05, 0) is 43.5 Å². The van der Waals surface area contributed by atoms with E-state index in [0.717, 1.165) is 11.1 Å². The van der Waals surface area contributed by atoms with Gasteiger partial charge in [0.25, 0.3) is 5.91 Å². The van der Waals surface area contributed by atoms with Crippen molar-refractivity contribution in [2.75, 3.05) is 5.32 Å². The van der Waals surface area contributed by atoms with Gasteiger partial charge in [-0.1, -0.05) is 48.0 Å². The lowest BCUT2D eigenvalue weighted by Gasteiger charge is -2.15. The summed E-state index contributed by atoms with van der Waals surface area (Å²) in [6.07, 6.45) is -0.0501. The third-order valence-corrected chi connectivity index (χ3v) is 4.07. The molecule has 1 N–H and O–H groups in total. The van der Waals surface area contributed by atoms with E-state index in [1.807, 2.05) is 37.3 Å². The van der Waals surface area contributed by atoms with Crippen molar-refractivity contribution in [1.29, 1.82) is 0 Å². The summed E-state index contributed by atoms with van der Waals surface area (Å²) in [7, 11) is 0. The topological polar surface area (TPSA) is 55.4 Å². The predicted octanol–water partition coefficient (Wildman–Crippen LogP) is 4.15. The van der Waals surface area contributed by atoms with Crippen LogP contribution in [0.2, 0.25) is 5.02 Å². The van der Waals surface area contributed by atoms with Crippen LogP contribution in [0.15, 0.2) is 48.5 Å². The Morgan fingerprint density at radius 3 is 2.54 bits per heavy atom. The fourth-order valence-electron chi connectivity index (χ4n) is 2.18. The van der Waals surface area contributed by atoms with Crippen LogP contribution in [0.4, 0.5) is 5.69 Å². The molecule has 2 aromatic rings. The van der Waals surface area contributed by atoms with Crippen molar-refractivity contribution in [1.82, 2.24) is 0 Å². The van der Waals surface area contributed by atoms with Crippen LogP contribution >= 0.6 is 11.6 Å². The van der Waals surface area contributed by atoms with Gasteiger partial charge in [0.15, 0.2) is 6.10 Å². The maximum Gasteiger partial charge on any atom is 0.306 e. The lowest BCUT2D eigenvalue weighted by atomic mass is 10.1. The molecule has 0 unspecified atom stereocenters. The smallest absolute Gasteiger partial charge is 0.306 e. The summed E-state index contributed by atoms with van der Waals surface area (Å²) in [5, 5.41) is 3.30. The summed E-state index contributed by atoms with van der Waals surface area (Å²) >= 11 is 6.02. The molecule has 0 fully saturated rings. The molecule has 0 aliphatic heterocycles. The molecule has 0 heterocycles. The molecular weight excluding hydrogens is 326 g/mol. The molecule has 24 heavy (non-hydrogen) atoms. The number of carbonyl (C=O) groups excluding carboxylic acids is 2. The quantitative estimate of drug-likeness (QED) is 0.800. The fraction of sp³-hybridized carbons (Fsp3) is 0.263. The largest absolute Gasteiger partial charge is 0.453 e. The molecule has 1 atom stereocenters. The van der Waals surface area contributed by atoms with E-state index in [1.165, 1.54) is 0 Å². The molecule has 0 saturated carbocycles. The van der Waals surface area contributed by atoms with Crippen LogP contribution in [0.25, 0.3) is 0 Å². The van der Waals surface area contributed by atoms with Crippen molar-refractivity contribution in [2.24, 2.45) is 0 Å². The number of hydrogen-bond acceptors (Lipinski definition) is 3. The second kappa shape index (κ2) is 8.50. The third kappa shape index (κ3) is 5.10. The van der Waals surface area contributed by atoms with E-state index in [0.29, 0.717) is 17.1 Å². The first-order valence-electron chi connectivity index (χ1n) is 7.76. The molecule has 0 bridgehead atoms. The summed E-state index contributed by atoms with van der Waals surface area (Å²) in [5.41, 5.74) is 2.44. The molecule has 0 aliphatic rings. The Bertz CT molecular complexity index is 716. The minimum absolute atomic E-state index is 0.234. The van der Waals surface area contributed by atoms with Crippen LogP contribution in [-0.4, -0.2) is 18.0 Å². The van der Waals surface area contributed by atoms with Gasteiger partial charge in [-0.15, -0.1) is 0 Å². The van der Waals surface area contributed by atoms with Crippen LogP contribution in [0.1, 0.15) is 24.5 Å². The number of rotatable bonds is 6. The van der Waals surface area contributed by atoms with Gasteiger partial charge in [-0.25, -0.2) is 0 Å². The maximum atomic E-state index is 12.2. The third-order valence-electron chi connectivity index (χ3n) is 3.66. The van der Waals surface area contributed by atoms with Gasteiger partial charge < -0.3 is 10.1 Å². The highest BCUT2D eigenvalue weighted by atomic mass is 35.5. The Morgan fingerprint density at radius 1 is 1.12 bits per heavy atom. The van der Waals surface area contributed by atoms with Gasteiger partial charge in [0.1, 0.15) is 0 Å². The molecular formula is C19H20ClNO3. The summed E-state index contributed by atoms with van der Waals surface area (Å²) < 4.78 is 5.19. The molecule has 0 aliphatic carbocycles. The van der Waals surface area contributed by atoms with Gasteiger partial charge in [0.05, 0.1) is 0 Å². The zero-order chi connectivity index (χ0) is 17.5. The van der Waals surface area contributed by atoms with Gasteiger partial charge in [0.2, 0.25) is 0 Å². The van der Waals surface area contributed by atoms with E-state index in [9.17, 15) is 9.59 Å². The van der Waals surface area contributed by atoms with Crippen molar-refractivity contribution in [2.45, 2.75) is 32.8 Å². The zero-order valence-electron chi connectivity index (χ0n) is 13.7. The molecule has 0 aromatic heterocycles. The van der Waals surface area contributed by atoms with Crippen LogP contribution in [0.5, 0.6) is 0 Å². The van der Waals surface area contributed by atoms with E-state index in [4.69, 9.17) is 16.3 Å². The highest BCUT2D eigenvalue weighted by Crippen LogP contribution is 2.23. The normalized spacial score (nSPS) is 11.6. The number of anilines is 1. The van der Waals surface area contributed by atoms with Crippen LogP contribution < -0.4 is 5.32 Å². The lowest BCUT2D eigenvalue weighted by Crippen LogP contribution is -2.30. The average Bonchev–Trinajstić information content (AvgIpc) is 2.58. The van der Waals surface area contributed by atoms with Crippen molar-refractivity contribution >= 4 is 29.2 Å². The van der Waals surface area contributed by atoms with Crippen molar-refractivity contribution in [3.05, 3.63) is 64.7 Å². The molecule has 0 radical (unpaired) electrons. The summed E-state index contributed by atoms with van der Waals surface area (Å²) in [6.45, 7) is 3.37. The van der Waals surface area contributed by atoms with E-state index < -0.39 is 12.1 Å². The van der Waals surface area contributed by atoms with Crippen molar-refractivity contribution in [3.63, 3.8) is 0 Å². The van der Waals surface area contributed by atoms with Crippen LogP contribution in [0.3, 0.4) is 0 Å². The van der Waals surface area contributed by atoms with E-state index in [1.54, 1.807) is 25.1 Å². The molecule has 5 heteroatoms. The van der Waals surface area contributed by atoms with E-state index >= 15 is 0 Å². The minimum Gasteiger partial charge on any atom is -0.453 e. The first-order valence-corrected chi connectivity index (χ1v) is 8.14. The first kappa shape index (κ1) is 18.0. The molecule has 2 rings (SSSR count). The summed E-state index contributed by atoms with van der Waals surface area (Å²) in [5.74, 6) is -0.780. The highest BCUT2D eigenvalue weighted by molar-refractivity contribution is 6.31. The number of ether oxygens (including phenoxy) is 1. The number of aryl methyl sites for hydroxylation is 1. The van der Waals surface area contributed by atoms with Crippen LogP contribution in [0, 0.1) is 6.92 Å². The first-order chi connectivity index (χ1) is 11.5. The number of hydrogen-bond donors (Lipinski definition) is 1. The number of amides is 1. The number of esters is 1. The SMILES string of the molecule is Cc1c(Cl)cccc1NC(=O)[C@@H](C)OC(=O)CCc1ccccc1. The van der Waals surface area contributed by atoms with Crippen molar-refractivity contribution < 1.29 is 14.3 Å². The standard InChI is InChI=1S/C19H20ClNO3/c1-13-16(20)9-6-10-17(13)21-19(23)14(2)24-18(22)12-11-15-7-4-3-5-8-15/h3-10,14H,11-12H2,1-2H3,(H,21,23)/t14-/m1/s1. The van der Waals surface area contributed by atoms with Gasteiger partial charge in [-0.2, -0.15) is 0 Å². The number of carbonyl (C=O) groups is 2. The minimum atomic E-state index is -0.869. The molecule has 4 nitrogen and oxygen atoms in total. The Kier molecular flexibility index (Phi) is 6.38. The fourth-order valence-corrected chi connectivity index (χ4v) is 2.35. The maximum absolute atomic E-state index is 12.2. The lowest BCUT2D eigenvalue weighted by molar-refractivity contribution is -0.153. The second-order valence-corrected chi connectivity index (χ2v) is 5.93.